The largest absolute Gasteiger partial charge is 0.355 e. The first-order valence-corrected chi connectivity index (χ1v) is 11.2. The highest BCUT2D eigenvalue weighted by Crippen LogP contribution is 2.32. The maximum Gasteiger partial charge on any atom is 0.244 e. The molecular weight excluding hydrogens is 398 g/mol. The fraction of sp³-hybridized carbons (Fsp3) is 0.385. The van der Waals surface area contributed by atoms with Gasteiger partial charge in [0.05, 0.1) is 23.1 Å². The van der Waals surface area contributed by atoms with E-state index in [1.165, 1.54) is 0 Å². The molecule has 0 bridgehead atoms. The van der Waals surface area contributed by atoms with Crippen LogP contribution in [0.25, 0.3) is 11.0 Å². The van der Waals surface area contributed by atoms with E-state index in [-0.39, 0.29) is 11.9 Å². The van der Waals surface area contributed by atoms with Gasteiger partial charge in [-0.2, -0.15) is 5.26 Å². The minimum absolute atomic E-state index is 0.216. The SMILES string of the molecule is C[C@H]1C[C@H](C)CN(c2nc3ccccc3nc2[C@@H](C#N)C(=O)N[C@H](C)c2ccccc2)C1. The van der Waals surface area contributed by atoms with Crippen molar-refractivity contribution in [2.24, 2.45) is 11.8 Å². The third-order valence-corrected chi connectivity index (χ3v) is 6.07. The Morgan fingerprint density at radius 3 is 2.25 bits per heavy atom. The first kappa shape index (κ1) is 21.8. The number of nitrogens with one attached hydrogen (secondary N) is 1. The normalized spacial score (nSPS) is 20.4. The van der Waals surface area contributed by atoms with Gasteiger partial charge in [-0.05, 0) is 42.9 Å². The molecule has 1 saturated heterocycles. The highest BCUT2D eigenvalue weighted by atomic mass is 16.2. The zero-order valence-electron chi connectivity index (χ0n) is 18.8. The van der Waals surface area contributed by atoms with Gasteiger partial charge in [0.2, 0.25) is 5.91 Å². The van der Waals surface area contributed by atoms with Crippen molar-refractivity contribution in [2.75, 3.05) is 18.0 Å². The second-order valence-electron chi connectivity index (χ2n) is 8.98. The van der Waals surface area contributed by atoms with Crippen LogP contribution in [-0.4, -0.2) is 29.0 Å². The molecule has 0 saturated carbocycles. The first-order chi connectivity index (χ1) is 15.5. The van der Waals surface area contributed by atoms with Gasteiger partial charge < -0.3 is 10.2 Å². The fourth-order valence-corrected chi connectivity index (χ4v) is 4.63. The number of para-hydroxylation sites is 2. The average molecular weight is 428 g/mol. The van der Waals surface area contributed by atoms with Crippen molar-refractivity contribution in [3.63, 3.8) is 0 Å². The van der Waals surface area contributed by atoms with Crippen molar-refractivity contribution in [1.82, 2.24) is 15.3 Å². The Bertz CT molecular complexity index is 1130. The molecule has 0 spiro atoms. The number of carbonyl (C=O) groups excluding carboxylic acids is 1. The molecule has 1 aromatic heterocycles. The van der Waals surface area contributed by atoms with E-state index >= 15 is 0 Å². The van der Waals surface area contributed by atoms with Gasteiger partial charge in [0.15, 0.2) is 11.7 Å². The molecule has 0 radical (unpaired) electrons. The van der Waals surface area contributed by atoms with E-state index in [0.29, 0.717) is 28.9 Å². The predicted molar refractivity (Wildman–Crippen MR) is 126 cm³/mol. The number of benzene rings is 2. The van der Waals surface area contributed by atoms with Crippen LogP contribution in [0.3, 0.4) is 0 Å². The van der Waals surface area contributed by atoms with Crippen LogP contribution in [0, 0.1) is 23.2 Å². The summed E-state index contributed by atoms with van der Waals surface area (Å²) in [6.45, 7) is 8.05. The maximum absolute atomic E-state index is 13.2. The number of anilines is 1. The smallest absolute Gasteiger partial charge is 0.244 e. The summed E-state index contributed by atoms with van der Waals surface area (Å²) in [5.74, 6) is 0.268. The molecule has 164 valence electrons. The highest BCUT2D eigenvalue weighted by Gasteiger charge is 2.32. The van der Waals surface area contributed by atoms with Crippen LogP contribution < -0.4 is 10.2 Å². The van der Waals surface area contributed by atoms with E-state index in [1.54, 1.807) is 0 Å². The Kier molecular flexibility index (Phi) is 6.36. The van der Waals surface area contributed by atoms with Crippen molar-refractivity contribution < 1.29 is 4.79 Å². The number of rotatable bonds is 5. The summed E-state index contributed by atoms with van der Waals surface area (Å²) in [6.07, 6.45) is 1.16. The van der Waals surface area contributed by atoms with Gasteiger partial charge in [-0.1, -0.05) is 56.3 Å². The second kappa shape index (κ2) is 9.35. The van der Waals surface area contributed by atoms with E-state index < -0.39 is 5.92 Å². The van der Waals surface area contributed by atoms with Crippen LogP contribution in [-0.2, 0) is 4.79 Å². The van der Waals surface area contributed by atoms with Gasteiger partial charge in [0.1, 0.15) is 5.69 Å². The third kappa shape index (κ3) is 4.57. The highest BCUT2D eigenvalue weighted by molar-refractivity contribution is 5.89. The number of aromatic nitrogens is 2. The lowest BCUT2D eigenvalue weighted by molar-refractivity contribution is -0.122. The minimum atomic E-state index is -1.04. The first-order valence-electron chi connectivity index (χ1n) is 11.2. The molecule has 4 rings (SSSR count). The van der Waals surface area contributed by atoms with Crippen LogP contribution in [0.4, 0.5) is 5.82 Å². The van der Waals surface area contributed by atoms with E-state index in [1.807, 2.05) is 61.5 Å². The monoisotopic (exact) mass is 427 g/mol. The third-order valence-electron chi connectivity index (χ3n) is 6.07. The number of amides is 1. The Morgan fingerprint density at radius 1 is 1.03 bits per heavy atom. The predicted octanol–water partition coefficient (Wildman–Crippen LogP) is 4.60. The van der Waals surface area contributed by atoms with E-state index in [4.69, 9.17) is 9.97 Å². The van der Waals surface area contributed by atoms with Gasteiger partial charge in [-0.25, -0.2) is 9.97 Å². The van der Waals surface area contributed by atoms with Gasteiger partial charge in [-0.3, -0.25) is 4.79 Å². The molecule has 0 unspecified atom stereocenters. The van der Waals surface area contributed by atoms with Gasteiger partial charge >= 0.3 is 0 Å². The zero-order chi connectivity index (χ0) is 22.7. The lowest BCUT2D eigenvalue weighted by atomic mass is 9.91. The lowest BCUT2D eigenvalue weighted by Crippen LogP contribution is -2.41. The molecule has 6 heteroatoms. The molecule has 6 nitrogen and oxygen atoms in total. The molecule has 4 atom stereocenters. The number of hydrogen-bond donors (Lipinski definition) is 1. The Balaban J connectivity index is 1.71. The molecule has 1 aliphatic rings. The minimum Gasteiger partial charge on any atom is -0.355 e. The standard InChI is InChI=1S/C26H29N5O/c1-17-13-18(2)16-31(15-17)25-24(29-22-11-7-8-12-23(22)30-25)21(14-27)26(32)28-19(3)20-9-5-4-6-10-20/h4-12,17-19,21H,13,15-16H2,1-3H3,(H,28,32)/t17-,18-,19+,21+/m0/s1. The van der Waals surface area contributed by atoms with Gasteiger partial charge in [0, 0.05) is 13.1 Å². The second-order valence-corrected chi connectivity index (χ2v) is 8.98. The molecule has 1 fully saturated rings. The van der Waals surface area contributed by atoms with Crippen molar-refractivity contribution in [3.05, 3.63) is 65.9 Å². The number of nitrogens with zero attached hydrogens (tertiary/aromatic N) is 4. The maximum atomic E-state index is 13.2. The van der Waals surface area contributed by atoms with E-state index in [2.05, 4.69) is 30.1 Å². The van der Waals surface area contributed by atoms with Crippen LogP contribution in [0.1, 0.15) is 50.4 Å². The average Bonchev–Trinajstić information content (AvgIpc) is 2.79. The molecule has 1 amide bonds. The molecule has 2 aromatic carbocycles. The summed E-state index contributed by atoms with van der Waals surface area (Å²) in [6, 6.07) is 19.3. The number of hydrogen-bond acceptors (Lipinski definition) is 5. The fourth-order valence-electron chi connectivity index (χ4n) is 4.63. The molecular formula is C26H29N5O. The van der Waals surface area contributed by atoms with Crippen molar-refractivity contribution >= 4 is 22.8 Å². The molecule has 1 N–H and O–H groups in total. The topological polar surface area (TPSA) is 81.9 Å². The van der Waals surface area contributed by atoms with Crippen LogP contribution in [0.15, 0.2) is 54.6 Å². The number of nitriles is 1. The molecule has 32 heavy (non-hydrogen) atoms. The van der Waals surface area contributed by atoms with Gasteiger partial charge in [0.25, 0.3) is 0 Å². The Morgan fingerprint density at radius 2 is 1.62 bits per heavy atom. The van der Waals surface area contributed by atoms with Gasteiger partial charge in [-0.15, -0.1) is 0 Å². The summed E-state index contributed by atoms with van der Waals surface area (Å²) in [5, 5.41) is 13.0. The van der Waals surface area contributed by atoms with Crippen LogP contribution in [0.2, 0.25) is 0 Å². The lowest BCUT2D eigenvalue weighted by Gasteiger charge is -2.36. The summed E-state index contributed by atoms with van der Waals surface area (Å²) in [4.78, 5) is 25.1. The molecule has 3 aromatic rings. The van der Waals surface area contributed by atoms with Crippen LogP contribution in [0.5, 0.6) is 0 Å². The molecule has 2 heterocycles. The number of fused-ring (bicyclic) bond motifs is 1. The Hall–Kier alpha value is -3.46. The summed E-state index contributed by atoms with van der Waals surface area (Å²) < 4.78 is 0. The molecule has 0 aliphatic carbocycles. The quantitative estimate of drug-likeness (QED) is 0.644. The number of carbonyl (C=O) groups is 1. The van der Waals surface area contributed by atoms with Crippen molar-refractivity contribution in [2.45, 2.75) is 39.2 Å². The van der Waals surface area contributed by atoms with E-state index in [9.17, 15) is 10.1 Å². The molecule has 1 aliphatic heterocycles. The van der Waals surface area contributed by atoms with E-state index in [0.717, 1.165) is 30.6 Å². The summed E-state index contributed by atoms with van der Waals surface area (Å²) in [7, 11) is 0. The van der Waals surface area contributed by atoms with Crippen molar-refractivity contribution in [3.8, 4) is 6.07 Å². The van der Waals surface area contributed by atoms with Crippen LogP contribution >= 0.6 is 0 Å². The van der Waals surface area contributed by atoms with Crippen molar-refractivity contribution in [1.29, 1.82) is 5.26 Å². The summed E-state index contributed by atoms with van der Waals surface area (Å²) >= 11 is 0. The Labute approximate surface area is 189 Å². The zero-order valence-corrected chi connectivity index (χ0v) is 18.8. The number of piperidine rings is 1. The summed E-state index contributed by atoms with van der Waals surface area (Å²) in [5.41, 5.74) is 2.88.